The fourth-order valence-corrected chi connectivity index (χ4v) is 10.5. The molecule has 3 N–H and O–H groups in total. The van der Waals surface area contributed by atoms with Crippen LogP contribution in [0.25, 0.3) is 0 Å². The lowest BCUT2D eigenvalue weighted by atomic mass is 10.00. The van der Waals surface area contributed by atoms with E-state index < -0.39 is 97.5 Å². The van der Waals surface area contributed by atoms with Crippen LogP contribution in [0, 0.1) is 17.8 Å². The summed E-state index contributed by atoms with van der Waals surface area (Å²) in [5, 5.41) is 10.5. The molecule has 0 rings (SSSR count). The first-order chi connectivity index (χ1) is 38.3. The SMILES string of the molecule is CCCCCCCC(=O)OC[C@H](COP(=O)(O)OC[C@H](O)COP(=O)(O)OC[C@@H](COC(=O)CCCCCCCCCCCC(C)C)OC(=O)CCCCCCCCCCCCC(C)C)OC(=O)CCCCCCCCC(C)CC. The van der Waals surface area contributed by atoms with Crippen LogP contribution in [0.5, 0.6) is 0 Å². The fourth-order valence-electron chi connectivity index (χ4n) is 8.92. The van der Waals surface area contributed by atoms with Crippen molar-refractivity contribution in [3.05, 3.63) is 0 Å². The predicted molar refractivity (Wildman–Crippen MR) is 317 cm³/mol. The van der Waals surface area contributed by atoms with Gasteiger partial charge in [0.15, 0.2) is 12.2 Å². The minimum atomic E-state index is -4.94. The molecular weight excluding hydrogens is 1070 g/mol. The van der Waals surface area contributed by atoms with Gasteiger partial charge in [-0.25, -0.2) is 9.13 Å². The van der Waals surface area contributed by atoms with Crippen molar-refractivity contribution in [3.8, 4) is 0 Å². The standard InChI is InChI=1S/C61H118O17P2/c1-8-10-11-25-35-42-58(63)71-48-56(78-61(66)45-38-31-24-23-28-34-41-54(7)9-2)50-75-79(67,68)73-46-55(62)47-74-80(69,70)76-51-57(49-72-59(64)43-36-29-21-18-14-16-20-27-33-40-53(5)6)77-60(65)44-37-30-22-17-13-12-15-19-26-32-39-52(3)4/h52-57,62H,8-51H2,1-7H3,(H,67,68)(H,69,70)/t54?,55-,56+,57+/m0/s1. The van der Waals surface area contributed by atoms with E-state index in [1.165, 1.54) is 96.3 Å². The molecule has 0 saturated carbocycles. The number of hydrogen-bond donors (Lipinski definition) is 3. The third-order valence-electron chi connectivity index (χ3n) is 14.2. The third kappa shape index (κ3) is 54.0. The lowest BCUT2D eigenvalue weighted by Crippen LogP contribution is -2.30. The monoisotopic (exact) mass is 1180 g/mol. The van der Waals surface area contributed by atoms with E-state index in [-0.39, 0.29) is 25.7 Å². The number of unbranched alkanes of at least 4 members (excludes halogenated alkanes) is 26. The summed E-state index contributed by atoms with van der Waals surface area (Å²) in [7, 11) is -9.87. The van der Waals surface area contributed by atoms with Gasteiger partial charge >= 0.3 is 39.5 Å². The number of phosphoric ester groups is 2. The molecule has 0 bridgehead atoms. The Morgan fingerprint density at radius 3 is 0.950 bits per heavy atom. The molecule has 80 heavy (non-hydrogen) atoms. The zero-order valence-corrected chi connectivity index (χ0v) is 53.3. The third-order valence-corrected chi connectivity index (χ3v) is 16.1. The van der Waals surface area contributed by atoms with E-state index in [1.54, 1.807) is 0 Å². The zero-order chi connectivity index (χ0) is 59.5. The fraction of sp³-hybridized carbons (Fsp3) is 0.934. The van der Waals surface area contributed by atoms with E-state index in [9.17, 15) is 43.2 Å². The Hall–Kier alpha value is -1.94. The molecule has 0 amide bonds. The van der Waals surface area contributed by atoms with Gasteiger partial charge in [0.2, 0.25) is 0 Å². The highest BCUT2D eigenvalue weighted by molar-refractivity contribution is 7.47. The van der Waals surface area contributed by atoms with Gasteiger partial charge in [-0.15, -0.1) is 0 Å². The first-order valence-corrected chi connectivity index (χ1v) is 34.9. The number of esters is 4. The van der Waals surface area contributed by atoms with Crippen molar-refractivity contribution in [3.63, 3.8) is 0 Å². The number of hydrogen-bond acceptors (Lipinski definition) is 15. The van der Waals surface area contributed by atoms with Gasteiger partial charge < -0.3 is 33.8 Å². The van der Waals surface area contributed by atoms with Crippen molar-refractivity contribution in [2.45, 2.75) is 311 Å². The minimum absolute atomic E-state index is 0.101. The molecule has 17 nitrogen and oxygen atoms in total. The van der Waals surface area contributed by atoms with Crippen molar-refractivity contribution in [2.24, 2.45) is 17.8 Å². The average Bonchev–Trinajstić information content (AvgIpc) is 3.41. The van der Waals surface area contributed by atoms with Crippen LogP contribution in [0.1, 0.15) is 292 Å². The van der Waals surface area contributed by atoms with E-state index in [0.29, 0.717) is 25.7 Å². The van der Waals surface area contributed by atoms with Crippen molar-refractivity contribution >= 4 is 39.5 Å². The first kappa shape index (κ1) is 78.1. The van der Waals surface area contributed by atoms with Crippen LogP contribution in [0.2, 0.25) is 0 Å². The second kappa shape index (κ2) is 52.6. The van der Waals surface area contributed by atoms with Gasteiger partial charge in [0.1, 0.15) is 19.3 Å². The summed E-state index contributed by atoms with van der Waals surface area (Å²) in [5.74, 6) is 0.0636. The zero-order valence-electron chi connectivity index (χ0n) is 51.5. The number of rotatable bonds is 59. The lowest BCUT2D eigenvalue weighted by Gasteiger charge is -2.21. The average molecular weight is 1190 g/mol. The number of phosphoric acid groups is 2. The van der Waals surface area contributed by atoms with E-state index in [1.807, 2.05) is 0 Å². The van der Waals surface area contributed by atoms with E-state index in [0.717, 1.165) is 114 Å². The maximum atomic E-state index is 12.9. The van der Waals surface area contributed by atoms with Gasteiger partial charge in [-0.1, -0.05) is 241 Å². The second-order valence-corrected chi connectivity index (χ2v) is 26.2. The van der Waals surface area contributed by atoms with Crippen LogP contribution in [0.4, 0.5) is 0 Å². The number of carbonyl (C=O) groups is 4. The van der Waals surface area contributed by atoms with Gasteiger partial charge in [0, 0.05) is 25.7 Å². The maximum Gasteiger partial charge on any atom is 0.472 e. The summed E-state index contributed by atoms with van der Waals surface area (Å²) in [4.78, 5) is 71.8. The van der Waals surface area contributed by atoms with Crippen LogP contribution in [-0.2, 0) is 65.4 Å². The summed E-state index contributed by atoms with van der Waals surface area (Å²) < 4.78 is 67.7. The number of aliphatic hydroxyl groups is 1. The van der Waals surface area contributed by atoms with Crippen molar-refractivity contribution < 1.29 is 80.2 Å². The van der Waals surface area contributed by atoms with Crippen molar-refractivity contribution in [1.82, 2.24) is 0 Å². The summed E-state index contributed by atoms with van der Waals surface area (Å²) in [5.41, 5.74) is 0. The molecular formula is C61H118O17P2. The van der Waals surface area contributed by atoms with Crippen molar-refractivity contribution in [1.29, 1.82) is 0 Å². The van der Waals surface area contributed by atoms with Gasteiger partial charge in [0.25, 0.3) is 0 Å². The van der Waals surface area contributed by atoms with Crippen LogP contribution in [-0.4, -0.2) is 96.7 Å². The van der Waals surface area contributed by atoms with E-state index in [2.05, 4.69) is 48.5 Å². The Morgan fingerprint density at radius 1 is 0.362 bits per heavy atom. The Balaban J connectivity index is 5.20. The lowest BCUT2D eigenvalue weighted by molar-refractivity contribution is -0.161. The quantitative estimate of drug-likeness (QED) is 0.0222. The normalized spacial score (nSPS) is 14.8. The van der Waals surface area contributed by atoms with E-state index >= 15 is 0 Å². The molecule has 0 fully saturated rings. The molecule has 0 spiro atoms. The summed E-state index contributed by atoms with van der Waals surface area (Å²) >= 11 is 0. The minimum Gasteiger partial charge on any atom is -0.462 e. The van der Waals surface area contributed by atoms with Gasteiger partial charge in [-0.2, -0.15) is 0 Å². The second-order valence-electron chi connectivity index (χ2n) is 23.3. The van der Waals surface area contributed by atoms with Crippen LogP contribution >= 0.6 is 15.6 Å². The topological polar surface area (TPSA) is 237 Å². The molecule has 474 valence electrons. The molecule has 3 unspecified atom stereocenters. The highest BCUT2D eigenvalue weighted by atomic mass is 31.2. The van der Waals surface area contributed by atoms with Gasteiger partial charge in [0.05, 0.1) is 26.4 Å². The molecule has 0 aliphatic heterocycles. The smallest absolute Gasteiger partial charge is 0.462 e. The highest BCUT2D eigenvalue weighted by Gasteiger charge is 2.30. The highest BCUT2D eigenvalue weighted by Crippen LogP contribution is 2.45. The first-order valence-electron chi connectivity index (χ1n) is 31.9. The van der Waals surface area contributed by atoms with E-state index in [4.69, 9.17) is 37.0 Å². The van der Waals surface area contributed by atoms with Crippen molar-refractivity contribution in [2.75, 3.05) is 39.6 Å². The molecule has 0 aliphatic carbocycles. The molecule has 0 radical (unpaired) electrons. The van der Waals surface area contributed by atoms with Gasteiger partial charge in [-0.3, -0.25) is 37.3 Å². The van der Waals surface area contributed by atoms with Gasteiger partial charge in [-0.05, 0) is 43.4 Å². The molecule has 6 atom stereocenters. The van der Waals surface area contributed by atoms with Crippen LogP contribution in [0.15, 0.2) is 0 Å². The van der Waals surface area contributed by atoms with Crippen LogP contribution in [0.3, 0.4) is 0 Å². The number of carbonyl (C=O) groups excluding carboxylic acids is 4. The molecule has 0 heterocycles. The summed E-state index contributed by atoms with van der Waals surface area (Å²) in [6.45, 7) is 11.6. The number of aliphatic hydroxyl groups excluding tert-OH is 1. The largest absolute Gasteiger partial charge is 0.472 e. The Bertz CT molecular complexity index is 1600. The molecule has 19 heteroatoms. The number of ether oxygens (including phenoxy) is 4. The molecule has 0 aromatic heterocycles. The van der Waals surface area contributed by atoms with Crippen LogP contribution < -0.4 is 0 Å². The Labute approximate surface area is 486 Å². The summed E-state index contributed by atoms with van der Waals surface area (Å²) in [6, 6.07) is 0. The Kier molecular flexibility index (Phi) is 51.3. The molecule has 0 aromatic rings. The molecule has 0 aromatic carbocycles. The maximum absolute atomic E-state index is 12.9. The molecule has 0 saturated heterocycles. The summed E-state index contributed by atoms with van der Waals surface area (Å²) in [6.07, 6.45) is 32.5. The Morgan fingerprint density at radius 2 is 0.637 bits per heavy atom. The predicted octanol–water partition coefficient (Wildman–Crippen LogP) is 16.3. The molecule has 0 aliphatic rings.